The van der Waals surface area contributed by atoms with Crippen molar-refractivity contribution in [3.63, 3.8) is 0 Å². The van der Waals surface area contributed by atoms with Gasteiger partial charge in [-0.25, -0.2) is 4.98 Å². The van der Waals surface area contributed by atoms with Crippen LogP contribution >= 0.6 is 11.3 Å². The number of aryl methyl sites for hydroxylation is 1. The van der Waals surface area contributed by atoms with Crippen LogP contribution in [0.3, 0.4) is 0 Å². The topological polar surface area (TPSA) is 165 Å². The third-order valence-electron chi connectivity index (χ3n) is 6.64. The Kier molecular flexibility index (Phi) is 22.4. The number of rotatable bonds is 28. The molecule has 0 radical (unpaired) electrons. The quantitative estimate of drug-likeness (QED) is 0.111. The van der Waals surface area contributed by atoms with E-state index in [2.05, 4.69) is 27.9 Å². The molecule has 0 bridgehead atoms. The molecule has 1 aliphatic rings. The van der Waals surface area contributed by atoms with Gasteiger partial charge in [0.25, 0.3) is 5.91 Å². The third kappa shape index (κ3) is 19.8. The SMILES string of the molecule is CCCC[C@H]1CCc2nc(NC(=O)COCCOCCNC(=O)COCCOCCNC(=O)COCCOCCOC)sc2C1. The summed E-state index contributed by atoms with van der Waals surface area (Å²) in [6.45, 7) is 6.19. The number of carbonyl (C=O) groups is 3. The standard InChI is InChI=1S/C30H52N4O10S/c1-3-4-5-24-6-7-25-26(20-24)45-30(33-25)34-29(37)23-44-18-15-40-11-9-31-27(35)21-42-17-14-39-10-8-32-28(36)22-43-19-16-41-13-12-38-2/h24H,3-23H2,1-2H3,(H,31,35)(H,32,36)(H,33,34,37)/t24-/m0/s1. The summed E-state index contributed by atoms with van der Waals surface area (Å²) in [6, 6.07) is 0. The maximum Gasteiger partial charge on any atom is 0.252 e. The van der Waals surface area contributed by atoms with Crippen LogP contribution in [0.5, 0.6) is 0 Å². The van der Waals surface area contributed by atoms with Crippen LogP contribution in [0.25, 0.3) is 0 Å². The summed E-state index contributed by atoms with van der Waals surface area (Å²) in [5.74, 6) is 0.00323. The summed E-state index contributed by atoms with van der Waals surface area (Å²) >= 11 is 1.58. The molecule has 1 aromatic rings. The first-order valence-electron chi connectivity index (χ1n) is 15.8. The zero-order valence-electron chi connectivity index (χ0n) is 26.9. The summed E-state index contributed by atoms with van der Waals surface area (Å²) in [4.78, 5) is 41.6. The fraction of sp³-hybridized carbons (Fsp3) is 0.800. The number of hydrogen-bond acceptors (Lipinski definition) is 12. The van der Waals surface area contributed by atoms with Gasteiger partial charge in [0.05, 0.1) is 71.8 Å². The maximum atomic E-state index is 12.2. The Balaban J connectivity index is 1.33. The lowest BCUT2D eigenvalue weighted by Crippen LogP contribution is -2.32. The van der Waals surface area contributed by atoms with Crippen molar-refractivity contribution in [3.8, 4) is 0 Å². The number of nitrogens with zero attached hydrogens (tertiary/aromatic N) is 1. The number of hydrogen-bond donors (Lipinski definition) is 3. The van der Waals surface area contributed by atoms with Crippen LogP contribution < -0.4 is 16.0 Å². The van der Waals surface area contributed by atoms with E-state index in [-0.39, 0.29) is 50.8 Å². The highest BCUT2D eigenvalue weighted by molar-refractivity contribution is 7.15. The van der Waals surface area contributed by atoms with Crippen LogP contribution in [-0.4, -0.2) is 129 Å². The minimum Gasteiger partial charge on any atom is -0.382 e. The van der Waals surface area contributed by atoms with Gasteiger partial charge in [-0.2, -0.15) is 0 Å². The zero-order chi connectivity index (χ0) is 32.4. The van der Waals surface area contributed by atoms with Crippen molar-refractivity contribution in [3.05, 3.63) is 10.6 Å². The smallest absolute Gasteiger partial charge is 0.252 e. The molecule has 258 valence electrons. The van der Waals surface area contributed by atoms with Gasteiger partial charge in [-0.1, -0.05) is 26.2 Å². The highest BCUT2D eigenvalue weighted by atomic mass is 32.1. The van der Waals surface area contributed by atoms with Gasteiger partial charge in [-0.3, -0.25) is 19.7 Å². The van der Waals surface area contributed by atoms with Crippen LogP contribution in [-0.2, 0) is 60.4 Å². The highest BCUT2D eigenvalue weighted by Gasteiger charge is 2.22. The number of ether oxygens (including phenoxy) is 7. The first kappa shape index (κ1) is 38.9. The number of unbranched alkanes of at least 4 members (excludes halogenated alkanes) is 1. The van der Waals surface area contributed by atoms with Crippen molar-refractivity contribution in [2.24, 2.45) is 5.92 Å². The van der Waals surface area contributed by atoms with E-state index >= 15 is 0 Å². The molecule has 1 aromatic heterocycles. The van der Waals surface area contributed by atoms with Crippen LogP contribution in [0, 0.1) is 5.92 Å². The molecular weight excluding hydrogens is 608 g/mol. The van der Waals surface area contributed by atoms with Crippen LogP contribution in [0.1, 0.15) is 43.2 Å². The van der Waals surface area contributed by atoms with Gasteiger partial charge in [0.2, 0.25) is 11.8 Å². The van der Waals surface area contributed by atoms with Crippen LogP contribution in [0.15, 0.2) is 0 Å². The Bertz CT molecular complexity index is 952. The molecule has 0 spiro atoms. The average Bonchev–Trinajstić information content (AvgIpc) is 3.43. The van der Waals surface area contributed by atoms with Gasteiger partial charge in [0.1, 0.15) is 19.8 Å². The molecule has 0 unspecified atom stereocenters. The molecule has 15 heteroatoms. The molecule has 14 nitrogen and oxygen atoms in total. The van der Waals surface area contributed by atoms with Gasteiger partial charge < -0.3 is 43.8 Å². The van der Waals surface area contributed by atoms with Gasteiger partial charge in [0, 0.05) is 25.1 Å². The fourth-order valence-corrected chi connectivity index (χ4v) is 5.45. The van der Waals surface area contributed by atoms with E-state index in [1.807, 2.05) is 0 Å². The lowest BCUT2D eigenvalue weighted by atomic mass is 9.87. The van der Waals surface area contributed by atoms with E-state index in [1.54, 1.807) is 18.4 Å². The monoisotopic (exact) mass is 660 g/mol. The number of aromatic nitrogens is 1. The maximum absolute atomic E-state index is 12.2. The predicted molar refractivity (Wildman–Crippen MR) is 169 cm³/mol. The normalized spacial score (nSPS) is 14.2. The van der Waals surface area contributed by atoms with E-state index in [1.165, 1.54) is 30.6 Å². The molecule has 0 fully saturated rings. The van der Waals surface area contributed by atoms with E-state index in [0.29, 0.717) is 71.1 Å². The van der Waals surface area contributed by atoms with Crippen molar-refractivity contribution in [1.29, 1.82) is 0 Å². The van der Waals surface area contributed by atoms with Crippen molar-refractivity contribution in [2.75, 3.05) is 111 Å². The molecule has 1 heterocycles. The largest absolute Gasteiger partial charge is 0.382 e. The first-order valence-corrected chi connectivity index (χ1v) is 16.6. The second-order valence-corrected chi connectivity index (χ2v) is 11.5. The summed E-state index contributed by atoms with van der Waals surface area (Å²) in [5.41, 5.74) is 1.12. The molecule has 3 N–H and O–H groups in total. The number of carbonyl (C=O) groups excluding carboxylic acids is 3. The minimum atomic E-state index is -0.261. The van der Waals surface area contributed by atoms with Crippen molar-refractivity contribution in [2.45, 2.75) is 45.4 Å². The van der Waals surface area contributed by atoms with Crippen molar-refractivity contribution in [1.82, 2.24) is 15.6 Å². The lowest BCUT2D eigenvalue weighted by molar-refractivity contribution is -0.127. The average molecular weight is 661 g/mol. The Hall–Kier alpha value is -2.24. The molecule has 1 atom stereocenters. The molecule has 0 saturated carbocycles. The molecule has 0 aliphatic heterocycles. The van der Waals surface area contributed by atoms with E-state index in [9.17, 15) is 14.4 Å². The van der Waals surface area contributed by atoms with E-state index in [0.717, 1.165) is 24.5 Å². The molecule has 0 aromatic carbocycles. The molecule has 3 amide bonds. The number of methoxy groups -OCH3 is 1. The predicted octanol–water partition coefficient (Wildman–Crippen LogP) is 1.36. The summed E-state index contributed by atoms with van der Waals surface area (Å²) in [5, 5.41) is 8.86. The molecule has 0 saturated heterocycles. The number of nitrogens with one attached hydrogen (secondary N) is 3. The van der Waals surface area contributed by atoms with Gasteiger partial charge >= 0.3 is 0 Å². The van der Waals surface area contributed by atoms with E-state index in [4.69, 9.17) is 33.2 Å². The lowest BCUT2D eigenvalue weighted by Gasteiger charge is -2.20. The van der Waals surface area contributed by atoms with Gasteiger partial charge in [-0.05, 0) is 25.2 Å². The number of thiazole rings is 1. The Morgan fingerprint density at radius 3 is 1.87 bits per heavy atom. The minimum absolute atomic E-state index is 0.0430. The van der Waals surface area contributed by atoms with Crippen molar-refractivity contribution < 1.29 is 47.5 Å². The Morgan fingerprint density at radius 1 is 0.756 bits per heavy atom. The second kappa shape index (κ2) is 25.9. The van der Waals surface area contributed by atoms with Crippen LogP contribution in [0.4, 0.5) is 5.13 Å². The molecule has 2 rings (SSSR count). The molecule has 1 aliphatic carbocycles. The van der Waals surface area contributed by atoms with E-state index < -0.39 is 0 Å². The molecular formula is C30H52N4O10S. The van der Waals surface area contributed by atoms with Crippen molar-refractivity contribution >= 4 is 34.2 Å². The Labute approximate surface area is 270 Å². The highest BCUT2D eigenvalue weighted by Crippen LogP contribution is 2.34. The zero-order valence-corrected chi connectivity index (χ0v) is 27.7. The Morgan fingerprint density at radius 2 is 1.29 bits per heavy atom. The second-order valence-electron chi connectivity index (χ2n) is 10.4. The third-order valence-corrected chi connectivity index (χ3v) is 7.67. The number of anilines is 1. The number of fused-ring (bicyclic) bond motifs is 1. The van der Waals surface area contributed by atoms with Crippen LogP contribution in [0.2, 0.25) is 0 Å². The summed E-state index contributed by atoms with van der Waals surface area (Å²) < 4.78 is 36.8. The summed E-state index contributed by atoms with van der Waals surface area (Å²) in [7, 11) is 1.60. The fourth-order valence-electron chi connectivity index (χ4n) is 4.32. The molecule has 45 heavy (non-hydrogen) atoms. The van der Waals surface area contributed by atoms with Gasteiger partial charge in [0.15, 0.2) is 5.13 Å². The summed E-state index contributed by atoms with van der Waals surface area (Å²) in [6.07, 6.45) is 6.98. The van der Waals surface area contributed by atoms with Gasteiger partial charge in [-0.15, -0.1) is 11.3 Å². The number of amides is 3. The first-order chi connectivity index (χ1) is 22.0.